The molecule has 1 aromatic heterocycles. The SMILES string of the molecule is COC(=O)N1CC2(C1)N=C(c1ccc(-c3ccc4cccnc4c3)cc1)N(C[C@@H]1CCN(S(C)(=O)=O)C1)C2=O. The van der Waals surface area contributed by atoms with Gasteiger partial charge in [-0.05, 0) is 35.6 Å². The minimum atomic E-state index is -3.29. The summed E-state index contributed by atoms with van der Waals surface area (Å²) in [7, 11) is -1.98. The van der Waals surface area contributed by atoms with E-state index in [2.05, 4.69) is 11.1 Å². The molecule has 202 valence electrons. The van der Waals surface area contributed by atoms with Crippen molar-refractivity contribution in [2.24, 2.45) is 10.9 Å². The number of hydrogen-bond donors (Lipinski definition) is 0. The van der Waals surface area contributed by atoms with Gasteiger partial charge in [0.25, 0.3) is 5.91 Å². The lowest BCUT2D eigenvalue weighted by Crippen LogP contribution is -2.66. The number of aromatic nitrogens is 1. The lowest BCUT2D eigenvalue weighted by atomic mass is 9.90. The van der Waals surface area contributed by atoms with E-state index in [-0.39, 0.29) is 24.9 Å². The first-order chi connectivity index (χ1) is 18.7. The Labute approximate surface area is 226 Å². The van der Waals surface area contributed by atoms with Crippen LogP contribution in [0, 0.1) is 5.92 Å². The molecule has 39 heavy (non-hydrogen) atoms. The van der Waals surface area contributed by atoms with Crippen molar-refractivity contribution in [3.63, 3.8) is 0 Å². The van der Waals surface area contributed by atoms with Crippen molar-refractivity contribution in [2.75, 3.05) is 46.1 Å². The summed E-state index contributed by atoms with van der Waals surface area (Å²) >= 11 is 0. The summed E-state index contributed by atoms with van der Waals surface area (Å²) in [5, 5.41) is 1.07. The van der Waals surface area contributed by atoms with Crippen LogP contribution in [0.15, 0.2) is 65.8 Å². The largest absolute Gasteiger partial charge is 0.453 e. The quantitative estimate of drug-likeness (QED) is 0.485. The number of carbonyl (C=O) groups excluding carboxylic acids is 2. The summed E-state index contributed by atoms with van der Waals surface area (Å²) in [6, 6.07) is 18.0. The Balaban J connectivity index is 1.29. The van der Waals surface area contributed by atoms with Gasteiger partial charge in [-0.15, -0.1) is 0 Å². The number of sulfonamides is 1. The monoisotopic (exact) mass is 547 g/mol. The van der Waals surface area contributed by atoms with Crippen molar-refractivity contribution in [3.05, 3.63) is 66.4 Å². The molecule has 1 atom stereocenters. The third-order valence-electron chi connectivity index (χ3n) is 7.80. The van der Waals surface area contributed by atoms with Crippen LogP contribution in [0.1, 0.15) is 12.0 Å². The first-order valence-corrected chi connectivity index (χ1v) is 14.7. The zero-order chi connectivity index (χ0) is 27.4. The van der Waals surface area contributed by atoms with Crippen molar-refractivity contribution >= 4 is 38.8 Å². The van der Waals surface area contributed by atoms with E-state index in [0.29, 0.717) is 31.9 Å². The first kappa shape index (κ1) is 25.4. The fourth-order valence-electron chi connectivity index (χ4n) is 5.66. The van der Waals surface area contributed by atoms with Gasteiger partial charge in [-0.2, -0.15) is 0 Å². The van der Waals surface area contributed by atoms with Crippen LogP contribution >= 0.6 is 0 Å². The average molecular weight is 548 g/mol. The van der Waals surface area contributed by atoms with Gasteiger partial charge in [-0.3, -0.25) is 14.7 Å². The second kappa shape index (κ2) is 9.42. The Morgan fingerprint density at radius 1 is 1.08 bits per heavy atom. The average Bonchev–Trinajstić information content (AvgIpc) is 3.51. The lowest BCUT2D eigenvalue weighted by Gasteiger charge is -2.43. The number of methoxy groups -OCH3 is 1. The maximum Gasteiger partial charge on any atom is 0.409 e. The zero-order valence-electron chi connectivity index (χ0n) is 21.8. The topological polar surface area (TPSA) is 112 Å². The van der Waals surface area contributed by atoms with Crippen LogP contribution in [-0.4, -0.2) is 97.0 Å². The second-order valence-corrected chi connectivity index (χ2v) is 12.5. The summed E-state index contributed by atoms with van der Waals surface area (Å²) in [6.07, 6.45) is 3.16. The van der Waals surface area contributed by atoms with E-state index in [9.17, 15) is 18.0 Å². The van der Waals surface area contributed by atoms with Gasteiger partial charge in [0.1, 0.15) is 5.84 Å². The molecule has 2 aromatic carbocycles. The molecule has 2 saturated heterocycles. The number of aliphatic imine (C=N–C) groups is 1. The summed E-state index contributed by atoms with van der Waals surface area (Å²) in [5.41, 5.74) is 2.71. The second-order valence-electron chi connectivity index (χ2n) is 10.5. The maximum atomic E-state index is 13.7. The molecule has 11 heteroatoms. The fraction of sp³-hybridized carbons (Fsp3) is 0.357. The molecule has 6 rings (SSSR count). The highest BCUT2D eigenvalue weighted by molar-refractivity contribution is 7.88. The molecule has 1 spiro atoms. The molecule has 2 amide bonds. The van der Waals surface area contributed by atoms with E-state index in [0.717, 1.165) is 27.6 Å². The van der Waals surface area contributed by atoms with Crippen molar-refractivity contribution in [1.82, 2.24) is 19.1 Å². The molecule has 10 nitrogen and oxygen atoms in total. The lowest BCUT2D eigenvalue weighted by molar-refractivity contribution is -0.136. The van der Waals surface area contributed by atoms with E-state index >= 15 is 0 Å². The zero-order valence-corrected chi connectivity index (χ0v) is 22.6. The Bertz CT molecular complexity index is 1600. The number of amides is 2. The van der Waals surface area contributed by atoms with Crippen LogP contribution in [0.4, 0.5) is 4.79 Å². The van der Waals surface area contributed by atoms with Crippen molar-refractivity contribution < 1.29 is 22.7 Å². The number of likely N-dealkylation sites (tertiary alicyclic amines) is 1. The molecule has 0 saturated carbocycles. The van der Waals surface area contributed by atoms with Crippen LogP contribution in [0.25, 0.3) is 22.0 Å². The predicted molar refractivity (Wildman–Crippen MR) is 147 cm³/mol. The standard InChI is InChI=1S/C28H29N5O5S/c1-38-27(35)31-17-28(18-31)26(34)33(16-19-11-13-32(15-19)39(2,36)37)25(30-28)22-8-5-20(6-9-22)23-10-7-21-4-3-12-29-24(21)14-23/h3-10,12,14,19H,11,13,15-18H2,1-2H3/t19-/m1/s1. The molecule has 0 aliphatic carbocycles. The Morgan fingerprint density at radius 2 is 1.79 bits per heavy atom. The molecule has 3 aromatic rings. The third kappa shape index (κ3) is 4.55. The van der Waals surface area contributed by atoms with Crippen LogP contribution in [0.2, 0.25) is 0 Å². The summed E-state index contributed by atoms with van der Waals surface area (Å²) in [4.78, 5) is 38.2. The molecule has 3 aliphatic rings. The highest BCUT2D eigenvalue weighted by atomic mass is 32.2. The predicted octanol–water partition coefficient (Wildman–Crippen LogP) is 2.59. The van der Waals surface area contributed by atoms with Crippen molar-refractivity contribution in [2.45, 2.75) is 12.0 Å². The number of amidine groups is 1. The number of ether oxygens (including phenoxy) is 1. The number of pyridine rings is 1. The van der Waals surface area contributed by atoms with E-state index in [4.69, 9.17) is 9.73 Å². The fourth-order valence-corrected chi connectivity index (χ4v) is 6.58. The van der Waals surface area contributed by atoms with Crippen LogP contribution in [0.5, 0.6) is 0 Å². The van der Waals surface area contributed by atoms with Crippen LogP contribution in [0.3, 0.4) is 0 Å². The molecule has 0 N–H and O–H groups in total. The number of rotatable bonds is 5. The molecule has 0 bridgehead atoms. The molecule has 0 unspecified atom stereocenters. The van der Waals surface area contributed by atoms with Crippen molar-refractivity contribution in [1.29, 1.82) is 0 Å². The minimum absolute atomic E-state index is 0.00909. The van der Waals surface area contributed by atoms with Gasteiger partial charge in [0.15, 0.2) is 5.54 Å². The molecule has 3 aliphatic heterocycles. The van der Waals surface area contributed by atoms with Crippen LogP contribution < -0.4 is 0 Å². The molecular weight excluding hydrogens is 518 g/mol. The van der Waals surface area contributed by atoms with Gasteiger partial charge in [-0.25, -0.2) is 22.5 Å². The van der Waals surface area contributed by atoms with E-state index in [1.165, 1.54) is 22.6 Å². The minimum Gasteiger partial charge on any atom is -0.453 e. The van der Waals surface area contributed by atoms with E-state index in [1.54, 1.807) is 11.1 Å². The Kier molecular flexibility index (Phi) is 6.15. The smallest absolute Gasteiger partial charge is 0.409 e. The molecule has 4 heterocycles. The van der Waals surface area contributed by atoms with Crippen LogP contribution in [-0.2, 0) is 19.6 Å². The van der Waals surface area contributed by atoms with Gasteiger partial charge in [0.05, 0.1) is 32.0 Å². The molecular formula is C28H29N5O5S. The Hall–Kier alpha value is -3.83. The Morgan fingerprint density at radius 3 is 2.49 bits per heavy atom. The van der Waals surface area contributed by atoms with Gasteiger partial charge >= 0.3 is 6.09 Å². The summed E-state index contributed by atoms with van der Waals surface area (Å²) < 4.78 is 30.4. The number of hydrogen-bond acceptors (Lipinski definition) is 7. The molecule has 2 fully saturated rings. The van der Waals surface area contributed by atoms with Gasteiger partial charge in [0.2, 0.25) is 10.0 Å². The van der Waals surface area contributed by atoms with E-state index < -0.39 is 21.7 Å². The number of nitrogens with zero attached hydrogens (tertiary/aromatic N) is 5. The number of benzene rings is 2. The normalized spacial score (nSPS) is 20.9. The first-order valence-electron chi connectivity index (χ1n) is 12.8. The highest BCUT2D eigenvalue weighted by Crippen LogP contribution is 2.36. The molecule has 0 radical (unpaired) electrons. The van der Waals surface area contributed by atoms with E-state index in [1.807, 2.05) is 48.5 Å². The summed E-state index contributed by atoms with van der Waals surface area (Å²) in [6.45, 7) is 1.48. The number of fused-ring (bicyclic) bond motifs is 1. The maximum absolute atomic E-state index is 13.7. The van der Waals surface area contributed by atoms with Crippen molar-refractivity contribution in [3.8, 4) is 11.1 Å². The third-order valence-corrected chi connectivity index (χ3v) is 9.07. The summed E-state index contributed by atoms with van der Waals surface area (Å²) in [5.74, 6) is 0.374. The van der Waals surface area contributed by atoms with Gasteiger partial charge in [0, 0.05) is 36.8 Å². The number of carbonyl (C=O) groups is 2. The highest BCUT2D eigenvalue weighted by Gasteiger charge is 2.58. The van der Waals surface area contributed by atoms with Gasteiger partial charge < -0.3 is 9.64 Å². The van der Waals surface area contributed by atoms with Gasteiger partial charge in [-0.1, -0.05) is 42.5 Å².